The molecule has 0 aliphatic rings. The monoisotopic (exact) mass is 387 g/mol. The molecule has 0 spiro atoms. The van der Waals surface area contributed by atoms with Gasteiger partial charge in [0.1, 0.15) is 12.5 Å². The summed E-state index contributed by atoms with van der Waals surface area (Å²) in [5.41, 5.74) is 11.3. The molecule has 6 nitrogen and oxygen atoms in total. The van der Waals surface area contributed by atoms with Gasteiger partial charge in [-0.3, -0.25) is 0 Å². The van der Waals surface area contributed by atoms with Crippen LogP contribution in [0.5, 0.6) is 0 Å². The molecule has 0 fully saturated rings. The van der Waals surface area contributed by atoms with Gasteiger partial charge in [0, 0.05) is 24.4 Å². The Labute approximate surface area is 166 Å². The van der Waals surface area contributed by atoms with Gasteiger partial charge in [-0.25, -0.2) is 0 Å². The molecule has 3 aromatic rings. The van der Waals surface area contributed by atoms with Crippen molar-refractivity contribution in [2.24, 2.45) is 10.9 Å². The number of nitrogens with two attached hydrogens (primary N) is 1. The molecule has 1 aromatic heterocycles. The van der Waals surface area contributed by atoms with Crippen molar-refractivity contribution in [2.45, 2.75) is 40.8 Å². The first-order valence-electron chi connectivity index (χ1n) is 9.01. The van der Waals surface area contributed by atoms with Crippen LogP contribution in [-0.4, -0.2) is 35.5 Å². The lowest BCUT2D eigenvalue weighted by atomic mass is 9.99. The van der Waals surface area contributed by atoms with Crippen molar-refractivity contribution in [3.63, 3.8) is 0 Å². The number of hydrogen-bond donors (Lipinski definition) is 3. The number of aromatic nitrogens is 1. The Balaban J connectivity index is 0.00000127. The Morgan fingerprint density at radius 2 is 1.86 bits per heavy atom. The topological polar surface area (TPSA) is 93.0 Å². The van der Waals surface area contributed by atoms with Crippen molar-refractivity contribution >= 4 is 21.8 Å². The van der Waals surface area contributed by atoms with Crippen LogP contribution >= 0.6 is 0 Å². The van der Waals surface area contributed by atoms with E-state index in [0.29, 0.717) is 6.54 Å². The summed E-state index contributed by atoms with van der Waals surface area (Å²) in [6, 6.07) is 10.2. The number of fused-ring (bicyclic) bond motifs is 2. The Kier molecular flexibility index (Phi) is 9.12. The lowest BCUT2D eigenvalue weighted by Crippen LogP contribution is -2.17. The van der Waals surface area contributed by atoms with Crippen LogP contribution in [0, 0.1) is 13.8 Å². The fourth-order valence-electron chi connectivity index (χ4n) is 3.48. The van der Waals surface area contributed by atoms with E-state index < -0.39 is 0 Å². The maximum atomic E-state index is 9.85. The molecule has 0 bridgehead atoms. The smallest absolute Gasteiger partial charge is 0.121 e. The minimum absolute atomic E-state index is 0. The largest absolute Gasteiger partial charge is 0.400 e. The van der Waals surface area contributed by atoms with Gasteiger partial charge in [-0.05, 0) is 49.6 Å². The maximum absolute atomic E-state index is 9.85. The zero-order chi connectivity index (χ0) is 20.0. The average molecular weight is 388 g/mol. The number of aliphatic hydroxyl groups is 2. The Hall–Kier alpha value is -2.41. The van der Waals surface area contributed by atoms with Gasteiger partial charge in [0.2, 0.25) is 0 Å². The summed E-state index contributed by atoms with van der Waals surface area (Å²) in [6.45, 7) is 5.65. The van der Waals surface area contributed by atoms with Crippen LogP contribution in [0.1, 0.15) is 30.5 Å². The zero-order valence-corrected chi connectivity index (χ0v) is 16.5. The van der Waals surface area contributed by atoms with E-state index in [1.54, 1.807) is 7.11 Å². The summed E-state index contributed by atoms with van der Waals surface area (Å²) in [7, 11) is 2.55. The summed E-state index contributed by atoms with van der Waals surface area (Å²) < 4.78 is 2.30. The second-order valence-corrected chi connectivity index (χ2v) is 6.29. The number of benzene rings is 2. The highest BCUT2D eigenvalue weighted by molar-refractivity contribution is 5.96. The molecule has 0 saturated heterocycles. The normalized spacial score (nSPS) is 11.2. The number of nitrogens with zero attached hydrogens (tertiary/aromatic N) is 2. The molecule has 0 saturated carbocycles. The van der Waals surface area contributed by atoms with E-state index in [0.717, 1.165) is 52.8 Å². The molecule has 0 amide bonds. The van der Waals surface area contributed by atoms with Gasteiger partial charge in [0.15, 0.2) is 0 Å². The fourth-order valence-corrected chi connectivity index (χ4v) is 3.48. The molecular weight excluding hydrogens is 354 g/mol. The number of pyridine rings is 1. The second-order valence-electron chi connectivity index (χ2n) is 6.29. The summed E-state index contributed by atoms with van der Waals surface area (Å²) >= 11 is 0. The van der Waals surface area contributed by atoms with Crippen LogP contribution in [-0.2, 0) is 18.0 Å². The van der Waals surface area contributed by atoms with E-state index in [1.807, 2.05) is 12.1 Å². The average Bonchev–Trinajstić information content (AvgIpc) is 2.71. The first kappa shape index (κ1) is 23.6. The molecule has 3 rings (SSSR count). The second kappa shape index (κ2) is 10.8. The number of aliphatic hydroxyl groups excluding tert-OH is 2. The van der Waals surface area contributed by atoms with Gasteiger partial charge in [-0.1, -0.05) is 36.8 Å². The molecule has 28 heavy (non-hydrogen) atoms. The van der Waals surface area contributed by atoms with E-state index in [1.165, 1.54) is 11.1 Å². The minimum atomic E-state index is -0.0448. The summed E-state index contributed by atoms with van der Waals surface area (Å²) in [6.07, 6.45) is 0.881. The van der Waals surface area contributed by atoms with Crippen molar-refractivity contribution < 1.29 is 15.1 Å². The molecule has 1 heterocycles. The minimum Gasteiger partial charge on any atom is -0.400 e. The third kappa shape index (κ3) is 4.19. The van der Waals surface area contributed by atoms with Crippen LogP contribution in [0.15, 0.2) is 35.5 Å². The molecule has 0 radical (unpaired) electrons. The highest BCUT2D eigenvalue weighted by atomic mass is 16.6. The molecule has 4 N–H and O–H groups in total. The quantitative estimate of drug-likeness (QED) is 0.463. The molecule has 0 aliphatic carbocycles. The molecular formula is C22H33N3O3. The van der Waals surface area contributed by atoms with Gasteiger partial charge in [0.25, 0.3) is 0 Å². The van der Waals surface area contributed by atoms with Crippen molar-refractivity contribution in [2.75, 3.05) is 20.8 Å². The first-order chi connectivity index (χ1) is 13.1. The van der Waals surface area contributed by atoms with Crippen molar-refractivity contribution in [1.82, 2.24) is 4.57 Å². The van der Waals surface area contributed by atoms with E-state index >= 15 is 0 Å². The summed E-state index contributed by atoms with van der Waals surface area (Å²) in [5.74, 6) is 0. The lowest BCUT2D eigenvalue weighted by Gasteiger charge is -2.20. The zero-order valence-electron chi connectivity index (χ0n) is 16.5. The first-order valence-corrected chi connectivity index (χ1v) is 9.01. The van der Waals surface area contributed by atoms with Gasteiger partial charge in [-0.2, -0.15) is 0 Å². The standard InChI is InChI=1S/C20H25N3O2.CH4O.CH4/c1-13-8-9-16-19(22-25-3)18-15(12-24)6-4-7-17(18)23(11-5-10-21)20(16)14(13)2;1-2;/h4,6-9,24H,5,10-12,21H2,1-3H3;2H,1H3;1H4/b22-19+;;. The summed E-state index contributed by atoms with van der Waals surface area (Å²) in [4.78, 5) is 5.15. The van der Waals surface area contributed by atoms with E-state index in [9.17, 15) is 5.11 Å². The van der Waals surface area contributed by atoms with E-state index in [2.05, 4.69) is 41.8 Å². The van der Waals surface area contributed by atoms with Gasteiger partial charge >= 0.3 is 0 Å². The highest BCUT2D eigenvalue weighted by Crippen LogP contribution is 2.26. The lowest BCUT2D eigenvalue weighted by molar-refractivity contribution is 0.201. The number of rotatable bonds is 5. The van der Waals surface area contributed by atoms with E-state index in [4.69, 9.17) is 15.7 Å². The molecule has 0 aliphatic heterocycles. The number of hydrogen-bond acceptors (Lipinski definition) is 5. The van der Waals surface area contributed by atoms with Crippen molar-refractivity contribution in [1.29, 1.82) is 0 Å². The van der Waals surface area contributed by atoms with Crippen LogP contribution < -0.4 is 11.1 Å². The predicted octanol–water partition coefficient (Wildman–Crippen LogP) is 2.96. The molecule has 0 atom stereocenters. The number of aryl methyl sites for hydroxylation is 3. The van der Waals surface area contributed by atoms with Gasteiger partial charge in [-0.15, -0.1) is 0 Å². The predicted molar refractivity (Wildman–Crippen MR) is 116 cm³/mol. The van der Waals surface area contributed by atoms with E-state index in [-0.39, 0.29) is 14.0 Å². The van der Waals surface area contributed by atoms with Crippen LogP contribution in [0.3, 0.4) is 0 Å². The molecule has 2 aromatic carbocycles. The highest BCUT2D eigenvalue weighted by Gasteiger charge is 2.15. The molecule has 6 heteroatoms. The Bertz CT molecular complexity index is 994. The summed E-state index contributed by atoms with van der Waals surface area (Å²) in [5, 5.41) is 23.9. The van der Waals surface area contributed by atoms with Crippen molar-refractivity contribution in [3.05, 3.63) is 52.4 Å². The Morgan fingerprint density at radius 1 is 1.14 bits per heavy atom. The third-order valence-electron chi connectivity index (χ3n) is 4.82. The molecule has 0 unspecified atom stereocenters. The fraction of sp³-hybridized carbons (Fsp3) is 0.409. The van der Waals surface area contributed by atoms with Gasteiger partial charge in [0.05, 0.1) is 17.6 Å². The van der Waals surface area contributed by atoms with Crippen LogP contribution in [0.4, 0.5) is 0 Å². The Morgan fingerprint density at radius 3 is 2.46 bits per heavy atom. The van der Waals surface area contributed by atoms with Crippen LogP contribution in [0.2, 0.25) is 0 Å². The SMILES string of the molecule is C.CO.CO/N=c1\c2ccc(C)c(C)c2n(CCCN)c2cccc(CO)c12. The molecule has 154 valence electrons. The van der Waals surface area contributed by atoms with Crippen LogP contribution in [0.25, 0.3) is 21.8 Å². The van der Waals surface area contributed by atoms with Crippen molar-refractivity contribution in [3.8, 4) is 0 Å². The van der Waals surface area contributed by atoms with Gasteiger partial charge < -0.3 is 25.4 Å². The maximum Gasteiger partial charge on any atom is 0.121 e. The third-order valence-corrected chi connectivity index (χ3v) is 4.82.